The molecule has 0 aliphatic rings. The molecule has 0 N–H and O–H groups in total. The van der Waals surface area contributed by atoms with Crippen molar-refractivity contribution in [2.45, 2.75) is 13.8 Å². The third kappa shape index (κ3) is 1.33. The van der Waals surface area contributed by atoms with Gasteiger partial charge in [-0.05, 0) is 13.8 Å². The summed E-state index contributed by atoms with van der Waals surface area (Å²) >= 11 is 0. The minimum Gasteiger partial charge on any atom is -0.294 e. The fourth-order valence-electron chi connectivity index (χ4n) is 1.51. The zero-order chi connectivity index (χ0) is 11.9. The van der Waals surface area contributed by atoms with Crippen LogP contribution in [0.3, 0.4) is 0 Å². The number of hydrogen-bond acceptors (Lipinski definition) is 5. The van der Waals surface area contributed by atoms with Crippen LogP contribution in [0.25, 0.3) is 5.65 Å². The SMILES string of the molecule is CC(=O)c1cnc2c([N+](=O)[O-])cnn2c1C. The molecular weight excluding hydrogens is 212 g/mol. The van der Waals surface area contributed by atoms with Crippen LogP contribution in [-0.2, 0) is 0 Å². The Morgan fingerprint density at radius 2 is 2.19 bits per heavy atom. The van der Waals surface area contributed by atoms with E-state index in [1.54, 1.807) is 6.92 Å². The summed E-state index contributed by atoms with van der Waals surface area (Å²) in [6.07, 6.45) is 2.46. The quantitative estimate of drug-likeness (QED) is 0.430. The van der Waals surface area contributed by atoms with Gasteiger partial charge in [0.05, 0.1) is 16.2 Å². The van der Waals surface area contributed by atoms with Crippen molar-refractivity contribution < 1.29 is 9.72 Å². The summed E-state index contributed by atoms with van der Waals surface area (Å²) in [6, 6.07) is 0. The lowest BCUT2D eigenvalue weighted by molar-refractivity contribution is -0.383. The number of Topliss-reactive ketones (excluding diaryl/α,β-unsaturated/α-hetero) is 1. The minimum absolute atomic E-state index is 0.146. The second-order valence-corrected chi connectivity index (χ2v) is 3.34. The third-order valence-electron chi connectivity index (χ3n) is 2.32. The molecule has 0 aliphatic heterocycles. The van der Waals surface area contributed by atoms with E-state index in [9.17, 15) is 14.9 Å². The van der Waals surface area contributed by atoms with Gasteiger partial charge in [0.1, 0.15) is 6.20 Å². The first-order valence-corrected chi connectivity index (χ1v) is 4.51. The summed E-state index contributed by atoms with van der Waals surface area (Å²) in [4.78, 5) is 25.2. The predicted octanol–water partition coefficient (Wildman–Crippen LogP) is 1.15. The van der Waals surface area contributed by atoms with E-state index >= 15 is 0 Å². The molecule has 0 unspecified atom stereocenters. The first-order chi connectivity index (χ1) is 7.52. The fraction of sp³-hybridized carbons (Fsp3) is 0.222. The standard InChI is InChI=1S/C9H8N4O3/c1-5-7(6(2)14)3-10-9-8(13(15)16)4-11-12(5)9/h3-4H,1-2H3. The van der Waals surface area contributed by atoms with E-state index in [1.807, 2.05) is 0 Å². The van der Waals surface area contributed by atoms with Crippen LogP contribution >= 0.6 is 0 Å². The largest absolute Gasteiger partial charge is 0.333 e. The predicted molar refractivity (Wildman–Crippen MR) is 54.4 cm³/mol. The molecule has 0 spiro atoms. The number of aromatic nitrogens is 3. The molecule has 0 saturated carbocycles. The van der Waals surface area contributed by atoms with Gasteiger partial charge in [-0.2, -0.15) is 5.10 Å². The zero-order valence-corrected chi connectivity index (χ0v) is 8.67. The highest BCUT2D eigenvalue weighted by molar-refractivity contribution is 5.95. The lowest BCUT2D eigenvalue weighted by Gasteiger charge is -2.02. The van der Waals surface area contributed by atoms with Gasteiger partial charge in [-0.1, -0.05) is 0 Å². The number of carbonyl (C=O) groups excluding carboxylic acids is 1. The van der Waals surface area contributed by atoms with Crippen molar-refractivity contribution >= 4 is 17.1 Å². The average Bonchev–Trinajstić information content (AvgIpc) is 2.61. The van der Waals surface area contributed by atoms with Gasteiger partial charge in [0.15, 0.2) is 5.78 Å². The molecule has 0 bridgehead atoms. The topological polar surface area (TPSA) is 90.4 Å². The Morgan fingerprint density at radius 1 is 1.50 bits per heavy atom. The van der Waals surface area contributed by atoms with Crippen molar-refractivity contribution in [3.63, 3.8) is 0 Å². The molecule has 0 radical (unpaired) electrons. The van der Waals surface area contributed by atoms with E-state index in [-0.39, 0.29) is 17.1 Å². The van der Waals surface area contributed by atoms with Crippen molar-refractivity contribution in [1.82, 2.24) is 14.6 Å². The van der Waals surface area contributed by atoms with Crippen LogP contribution in [-0.4, -0.2) is 25.3 Å². The molecule has 0 saturated heterocycles. The molecule has 0 fully saturated rings. The number of hydrogen-bond donors (Lipinski definition) is 0. The van der Waals surface area contributed by atoms with Gasteiger partial charge in [0.25, 0.3) is 0 Å². The van der Waals surface area contributed by atoms with E-state index in [0.717, 1.165) is 6.20 Å². The van der Waals surface area contributed by atoms with E-state index in [2.05, 4.69) is 10.1 Å². The molecule has 2 aromatic heterocycles. The van der Waals surface area contributed by atoms with Crippen molar-refractivity contribution in [3.8, 4) is 0 Å². The summed E-state index contributed by atoms with van der Waals surface area (Å²) in [6.45, 7) is 3.08. The highest BCUT2D eigenvalue weighted by Crippen LogP contribution is 2.19. The average molecular weight is 220 g/mol. The van der Waals surface area contributed by atoms with E-state index in [0.29, 0.717) is 11.3 Å². The van der Waals surface area contributed by atoms with Crippen molar-refractivity contribution in [3.05, 3.63) is 33.8 Å². The van der Waals surface area contributed by atoms with Gasteiger partial charge in [-0.15, -0.1) is 0 Å². The molecule has 2 aromatic rings. The van der Waals surface area contributed by atoms with Crippen LogP contribution < -0.4 is 0 Å². The van der Waals surface area contributed by atoms with Crippen molar-refractivity contribution in [1.29, 1.82) is 0 Å². The monoisotopic (exact) mass is 220 g/mol. The van der Waals surface area contributed by atoms with Crippen molar-refractivity contribution in [2.24, 2.45) is 0 Å². The maximum absolute atomic E-state index is 11.2. The molecule has 2 heterocycles. The Hall–Kier alpha value is -2.31. The van der Waals surface area contributed by atoms with Gasteiger partial charge < -0.3 is 0 Å². The number of nitro groups is 1. The van der Waals surface area contributed by atoms with Crippen molar-refractivity contribution in [2.75, 3.05) is 0 Å². The second kappa shape index (κ2) is 3.37. The first kappa shape index (κ1) is 10.2. The maximum Gasteiger partial charge on any atom is 0.333 e. The molecule has 2 rings (SSSR count). The minimum atomic E-state index is -0.553. The molecule has 7 heteroatoms. The van der Waals surface area contributed by atoms with Crippen LogP contribution in [0.5, 0.6) is 0 Å². The lowest BCUT2D eigenvalue weighted by atomic mass is 10.2. The Bertz CT molecular complexity index is 602. The van der Waals surface area contributed by atoms with Crippen LogP contribution in [0.2, 0.25) is 0 Å². The van der Waals surface area contributed by atoms with Crippen LogP contribution in [0.1, 0.15) is 23.0 Å². The molecule has 0 atom stereocenters. The summed E-state index contributed by atoms with van der Waals surface area (Å²) < 4.78 is 1.30. The normalized spacial score (nSPS) is 10.6. The van der Waals surface area contributed by atoms with Gasteiger partial charge in [0, 0.05) is 6.20 Å². The lowest BCUT2D eigenvalue weighted by Crippen LogP contribution is -2.05. The number of aryl methyl sites for hydroxylation is 1. The molecule has 16 heavy (non-hydrogen) atoms. The van der Waals surface area contributed by atoms with Gasteiger partial charge in [0.2, 0.25) is 5.65 Å². The second-order valence-electron chi connectivity index (χ2n) is 3.34. The Morgan fingerprint density at radius 3 is 2.75 bits per heavy atom. The number of carbonyl (C=O) groups is 1. The maximum atomic E-state index is 11.2. The number of ketones is 1. The smallest absolute Gasteiger partial charge is 0.294 e. The Balaban J connectivity index is 2.78. The molecular formula is C9H8N4O3. The van der Waals surface area contributed by atoms with E-state index < -0.39 is 4.92 Å². The molecule has 0 amide bonds. The van der Waals surface area contributed by atoms with Gasteiger partial charge >= 0.3 is 5.69 Å². The highest BCUT2D eigenvalue weighted by Gasteiger charge is 2.19. The van der Waals surface area contributed by atoms with Gasteiger partial charge in [-0.3, -0.25) is 14.9 Å². The highest BCUT2D eigenvalue weighted by atomic mass is 16.6. The van der Waals surface area contributed by atoms with Gasteiger partial charge in [-0.25, -0.2) is 9.50 Å². The summed E-state index contributed by atoms with van der Waals surface area (Å²) in [5, 5.41) is 14.5. The fourth-order valence-corrected chi connectivity index (χ4v) is 1.51. The molecule has 0 aliphatic carbocycles. The Labute approximate surface area is 89.9 Å². The number of nitrogens with zero attached hydrogens (tertiary/aromatic N) is 4. The number of fused-ring (bicyclic) bond motifs is 1. The third-order valence-corrected chi connectivity index (χ3v) is 2.32. The molecule has 82 valence electrons. The molecule has 7 nitrogen and oxygen atoms in total. The summed E-state index contributed by atoms with van der Waals surface area (Å²) in [5.41, 5.74) is 0.932. The zero-order valence-electron chi connectivity index (χ0n) is 8.67. The summed E-state index contributed by atoms with van der Waals surface area (Å²) in [7, 11) is 0. The first-order valence-electron chi connectivity index (χ1n) is 4.51. The van der Waals surface area contributed by atoms with E-state index in [4.69, 9.17) is 0 Å². The van der Waals surface area contributed by atoms with Crippen LogP contribution in [0.4, 0.5) is 5.69 Å². The molecule has 0 aromatic carbocycles. The Kier molecular flexibility index (Phi) is 2.15. The van der Waals surface area contributed by atoms with Crippen LogP contribution in [0.15, 0.2) is 12.4 Å². The summed E-state index contributed by atoms with van der Waals surface area (Å²) in [5.74, 6) is -0.148. The van der Waals surface area contributed by atoms with Crippen LogP contribution in [0, 0.1) is 17.0 Å². The number of rotatable bonds is 2. The van der Waals surface area contributed by atoms with E-state index in [1.165, 1.54) is 17.6 Å².